The lowest BCUT2D eigenvalue weighted by Crippen LogP contribution is -2.50. The molecule has 0 aliphatic carbocycles. The molecule has 1 aromatic heterocycles. The van der Waals surface area contributed by atoms with Gasteiger partial charge in [-0.2, -0.15) is 9.40 Å². The van der Waals surface area contributed by atoms with Crippen molar-refractivity contribution in [3.8, 4) is 0 Å². The van der Waals surface area contributed by atoms with Crippen molar-refractivity contribution in [2.45, 2.75) is 4.90 Å². The largest absolute Gasteiger partial charge is 0.335 e. The van der Waals surface area contributed by atoms with Gasteiger partial charge >= 0.3 is 0 Å². The van der Waals surface area contributed by atoms with Gasteiger partial charge in [-0.05, 0) is 24.3 Å². The lowest BCUT2D eigenvalue weighted by Gasteiger charge is -2.34. The standard InChI is InChI=1S/C20H18Cl2N4O4S/c1-24-19(27)15-5-3-2-4-14(15)18(23-24)20(28)25-8-10-26(11-9-25)31(29,30)13-6-7-16(21)17(22)12-13/h2-7,12H,8-11H2,1H3. The van der Waals surface area contributed by atoms with Crippen LogP contribution in [0.4, 0.5) is 0 Å². The summed E-state index contributed by atoms with van der Waals surface area (Å²) in [6, 6.07) is 11.0. The van der Waals surface area contributed by atoms with Gasteiger partial charge in [0.05, 0.1) is 20.3 Å². The molecule has 0 N–H and O–H groups in total. The third-order valence-electron chi connectivity index (χ3n) is 5.21. The Morgan fingerprint density at radius 2 is 1.61 bits per heavy atom. The summed E-state index contributed by atoms with van der Waals surface area (Å²) in [6.45, 7) is 0.631. The van der Waals surface area contributed by atoms with E-state index in [2.05, 4.69) is 5.10 Å². The van der Waals surface area contributed by atoms with Crippen LogP contribution in [0.5, 0.6) is 0 Å². The lowest BCUT2D eigenvalue weighted by molar-refractivity contribution is 0.0691. The zero-order valence-corrected chi connectivity index (χ0v) is 18.8. The average Bonchev–Trinajstić information content (AvgIpc) is 2.77. The highest BCUT2D eigenvalue weighted by Crippen LogP contribution is 2.27. The van der Waals surface area contributed by atoms with Crippen LogP contribution in [0.1, 0.15) is 10.5 Å². The van der Waals surface area contributed by atoms with Crippen molar-refractivity contribution in [3.63, 3.8) is 0 Å². The van der Waals surface area contributed by atoms with E-state index in [4.69, 9.17) is 23.2 Å². The number of piperazine rings is 1. The van der Waals surface area contributed by atoms with Gasteiger partial charge in [-0.15, -0.1) is 0 Å². The van der Waals surface area contributed by atoms with E-state index >= 15 is 0 Å². The second-order valence-electron chi connectivity index (χ2n) is 7.10. The number of carbonyl (C=O) groups excluding carboxylic acids is 1. The third-order valence-corrected chi connectivity index (χ3v) is 7.85. The predicted molar refractivity (Wildman–Crippen MR) is 118 cm³/mol. The molecule has 2 aromatic carbocycles. The molecule has 1 saturated heterocycles. The van der Waals surface area contributed by atoms with Crippen LogP contribution in [0.3, 0.4) is 0 Å². The van der Waals surface area contributed by atoms with Crippen LogP contribution in [-0.4, -0.2) is 59.5 Å². The average molecular weight is 481 g/mol. The Morgan fingerprint density at radius 1 is 0.968 bits per heavy atom. The molecule has 162 valence electrons. The van der Waals surface area contributed by atoms with E-state index in [1.54, 1.807) is 29.2 Å². The summed E-state index contributed by atoms with van der Waals surface area (Å²) >= 11 is 11.8. The number of carbonyl (C=O) groups is 1. The number of amides is 1. The number of hydrogen-bond donors (Lipinski definition) is 0. The van der Waals surface area contributed by atoms with Crippen molar-refractivity contribution in [1.82, 2.24) is 19.0 Å². The van der Waals surface area contributed by atoms with E-state index in [1.807, 2.05) is 0 Å². The molecule has 1 aliphatic rings. The summed E-state index contributed by atoms with van der Waals surface area (Å²) in [5, 5.41) is 5.47. The quantitative estimate of drug-likeness (QED) is 0.573. The first kappa shape index (κ1) is 21.8. The van der Waals surface area contributed by atoms with Crippen LogP contribution in [0, 0.1) is 0 Å². The van der Waals surface area contributed by atoms with Gasteiger partial charge < -0.3 is 4.90 Å². The molecule has 0 atom stereocenters. The van der Waals surface area contributed by atoms with E-state index in [9.17, 15) is 18.0 Å². The Hall–Kier alpha value is -2.46. The Balaban J connectivity index is 1.56. The van der Waals surface area contributed by atoms with Crippen molar-refractivity contribution in [1.29, 1.82) is 0 Å². The predicted octanol–water partition coefficient (Wildman–Crippen LogP) is 2.39. The Labute approximate surface area is 188 Å². The minimum Gasteiger partial charge on any atom is -0.335 e. The minimum atomic E-state index is -3.77. The Kier molecular flexibility index (Phi) is 5.78. The van der Waals surface area contributed by atoms with Crippen LogP contribution in [-0.2, 0) is 17.1 Å². The molecule has 31 heavy (non-hydrogen) atoms. The SMILES string of the molecule is Cn1nc(C(=O)N2CCN(S(=O)(=O)c3ccc(Cl)c(Cl)c3)CC2)c2ccccc2c1=O. The summed E-state index contributed by atoms with van der Waals surface area (Å²) in [5.74, 6) is -0.349. The van der Waals surface area contributed by atoms with E-state index < -0.39 is 10.0 Å². The molecular weight excluding hydrogens is 463 g/mol. The van der Waals surface area contributed by atoms with Crippen LogP contribution >= 0.6 is 23.2 Å². The summed E-state index contributed by atoms with van der Waals surface area (Å²) in [6.07, 6.45) is 0. The highest BCUT2D eigenvalue weighted by Gasteiger charge is 2.32. The fourth-order valence-corrected chi connectivity index (χ4v) is 5.34. The van der Waals surface area contributed by atoms with Gasteiger partial charge in [0.15, 0.2) is 5.69 Å². The topological polar surface area (TPSA) is 92.6 Å². The van der Waals surface area contributed by atoms with E-state index in [1.165, 1.54) is 29.6 Å². The number of aryl methyl sites for hydroxylation is 1. The van der Waals surface area contributed by atoms with Crippen LogP contribution in [0.25, 0.3) is 10.8 Å². The summed E-state index contributed by atoms with van der Waals surface area (Å²) in [5.41, 5.74) is -0.122. The van der Waals surface area contributed by atoms with Crippen molar-refractivity contribution in [2.75, 3.05) is 26.2 Å². The monoisotopic (exact) mass is 480 g/mol. The van der Waals surface area contributed by atoms with Gasteiger partial charge in [-0.3, -0.25) is 9.59 Å². The van der Waals surface area contributed by atoms with Gasteiger partial charge in [0, 0.05) is 38.6 Å². The fourth-order valence-electron chi connectivity index (χ4n) is 3.53. The second kappa shape index (κ2) is 8.23. The molecule has 0 radical (unpaired) electrons. The van der Waals surface area contributed by atoms with Gasteiger partial charge in [0.2, 0.25) is 10.0 Å². The van der Waals surface area contributed by atoms with Gasteiger partial charge in [-0.1, -0.05) is 41.4 Å². The summed E-state index contributed by atoms with van der Waals surface area (Å²) in [7, 11) is -2.28. The number of hydrogen-bond acceptors (Lipinski definition) is 5. The normalized spacial score (nSPS) is 15.4. The van der Waals surface area contributed by atoms with Gasteiger partial charge in [0.25, 0.3) is 11.5 Å². The fraction of sp³-hybridized carbons (Fsp3) is 0.250. The first-order valence-electron chi connectivity index (χ1n) is 9.40. The van der Waals surface area contributed by atoms with Crippen LogP contribution in [0.2, 0.25) is 10.0 Å². The van der Waals surface area contributed by atoms with E-state index in [-0.39, 0.29) is 58.3 Å². The maximum Gasteiger partial charge on any atom is 0.275 e. The van der Waals surface area contributed by atoms with Crippen molar-refractivity contribution < 1.29 is 13.2 Å². The van der Waals surface area contributed by atoms with Crippen molar-refractivity contribution in [2.24, 2.45) is 7.05 Å². The summed E-state index contributed by atoms with van der Waals surface area (Å²) in [4.78, 5) is 27.0. The van der Waals surface area contributed by atoms with Crippen molar-refractivity contribution >= 4 is 49.9 Å². The zero-order valence-electron chi connectivity index (χ0n) is 16.5. The zero-order chi connectivity index (χ0) is 22.3. The van der Waals surface area contributed by atoms with E-state index in [0.29, 0.717) is 10.8 Å². The molecule has 8 nitrogen and oxygen atoms in total. The molecule has 4 rings (SSSR count). The molecule has 1 fully saturated rings. The van der Waals surface area contributed by atoms with E-state index in [0.717, 1.165) is 4.68 Å². The summed E-state index contributed by atoms with van der Waals surface area (Å²) < 4.78 is 28.3. The Morgan fingerprint density at radius 3 is 2.26 bits per heavy atom. The Bertz CT molecular complexity index is 1350. The van der Waals surface area contributed by atoms with Gasteiger partial charge in [0.1, 0.15) is 0 Å². The van der Waals surface area contributed by atoms with Gasteiger partial charge in [-0.25, -0.2) is 13.1 Å². The number of sulfonamides is 1. The molecular formula is C20H18Cl2N4O4S. The molecule has 3 aromatic rings. The smallest absolute Gasteiger partial charge is 0.275 e. The molecule has 2 heterocycles. The second-order valence-corrected chi connectivity index (χ2v) is 9.85. The van der Waals surface area contributed by atoms with Crippen LogP contribution < -0.4 is 5.56 Å². The molecule has 0 unspecified atom stereocenters. The molecule has 1 amide bonds. The molecule has 0 spiro atoms. The first-order valence-corrected chi connectivity index (χ1v) is 11.6. The third kappa shape index (κ3) is 3.94. The maximum atomic E-state index is 13.1. The molecule has 0 bridgehead atoms. The molecule has 11 heteroatoms. The number of benzene rings is 2. The number of rotatable bonds is 3. The lowest BCUT2D eigenvalue weighted by atomic mass is 10.1. The minimum absolute atomic E-state index is 0.0485. The molecule has 1 aliphatic heterocycles. The molecule has 0 saturated carbocycles. The first-order chi connectivity index (χ1) is 14.7. The van der Waals surface area contributed by atoms with Crippen molar-refractivity contribution in [3.05, 3.63) is 68.6 Å². The maximum absolute atomic E-state index is 13.1. The number of aromatic nitrogens is 2. The highest BCUT2D eigenvalue weighted by atomic mass is 35.5. The number of fused-ring (bicyclic) bond motifs is 1. The number of halogens is 2. The van der Waals surface area contributed by atoms with Crippen LogP contribution in [0.15, 0.2) is 52.2 Å². The highest BCUT2D eigenvalue weighted by molar-refractivity contribution is 7.89. The number of nitrogens with zero attached hydrogens (tertiary/aromatic N) is 4.